The fourth-order valence-electron chi connectivity index (χ4n) is 3.17. The first-order valence-electron chi connectivity index (χ1n) is 8.75. The minimum absolute atomic E-state index is 0.00956. The fraction of sp³-hybridized carbons (Fsp3) is 0.300. The number of morpholine rings is 1. The molecule has 1 saturated heterocycles. The molecule has 0 aliphatic carbocycles. The molecular formula is C20H22BrN3O3. The van der Waals surface area contributed by atoms with Gasteiger partial charge >= 0.3 is 0 Å². The maximum absolute atomic E-state index is 12.7. The van der Waals surface area contributed by atoms with Crippen molar-refractivity contribution < 1.29 is 14.3 Å². The Morgan fingerprint density at radius 2 is 2.00 bits per heavy atom. The van der Waals surface area contributed by atoms with Crippen molar-refractivity contribution in [3.8, 4) is 0 Å². The molecule has 2 amide bonds. The molecule has 7 heteroatoms. The van der Waals surface area contributed by atoms with Gasteiger partial charge in [0.25, 0.3) is 11.8 Å². The number of amides is 2. The Hall–Kier alpha value is -2.38. The van der Waals surface area contributed by atoms with Gasteiger partial charge in [-0.05, 0) is 43.7 Å². The molecule has 3 N–H and O–H groups in total. The van der Waals surface area contributed by atoms with Crippen molar-refractivity contribution in [3.63, 3.8) is 0 Å². The molecule has 2 aromatic rings. The van der Waals surface area contributed by atoms with E-state index in [-0.39, 0.29) is 5.91 Å². The van der Waals surface area contributed by atoms with Gasteiger partial charge in [-0.1, -0.05) is 22.0 Å². The standard InChI is InChI=1S/C20H22BrN3O3/c1-3-14(21)11-16(19(22)25)18-12(2)15-10-13(4-5-17(15)23-18)20(26)24-6-8-27-9-7-24/h3-5,10-11,23H,6-9H2,1-2H3,(H2,22,25)/b14-3-,16-11+. The average molecular weight is 432 g/mol. The second-order valence-corrected chi connectivity index (χ2v) is 7.30. The molecule has 0 spiro atoms. The summed E-state index contributed by atoms with van der Waals surface area (Å²) in [6.07, 6.45) is 3.53. The Balaban J connectivity index is 2.03. The summed E-state index contributed by atoms with van der Waals surface area (Å²) in [7, 11) is 0. The summed E-state index contributed by atoms with van der Waals surface area (Å²) in [5.41, 5.74) is 8.99. The van der Waals surface area contributed by atoms with Crippen LogP contribution in [0, 0.1) is 6.92 Å². The van der Waals surface area contributed by atoms with Gasteiger partial charge in [0.1, 0.15) is 0 Å². The summed E-state index contributed by atoms with van der Waals surface area (Å²) in [6, 6.07) is 5.53. The van der Waals surface area contributed by atoms with Crippen LogP contribution in [-0.2, 0) is 9.53 Å². The Kier molecular flexibility index (Phi) is 5.82. The van der Waals surface area contributed by atoms with Crippen LogP contribution in [0.15, 0.2) is 34.8 Å². The van der Waals surface area contributed by atoms with Gasteiger partial charge in [0.15, 0.2) is 0 Å². The number of nitrogens with one attached hydrogen (secondary N) is 1. The number of aromatic amines is 1. The normalized spacial score (nSPS) is 16.0. The molecule has 1 aliphatic heterocycles. The van der Waals surface area contributed by atoms with Crippen molar-refractivity contribution in [2.45, 2.75) is 13.8 Å². The number of benzene rings is 1. The van der Waals surface area contributed by atoms with E-state index >= 15 is 0 Å². The molecule has 0 radical (unpaired) electrons. The van der Waals surface area contributed by atoms with Crippen molar-refractivity contribution in [2.75, 3.05) is 26.3 Å². The molecule has 1 aromatic carbocycles. The third-order valence-electron chi connectivity index (χ3n) is 4.70. The first kappa shape index (κ1) is 19.4. The summed E-state index contributed by atoms with van der Waals surface area (Å²) in [6.45, 7) is 6.10. The lowest BCUT2D eigenvalue weighted by atomic mass is 10.0. The van der Waals surface area contributed by atoms with Crippen molar-refractivity contribution in [3.05, 3.63) is 51.7 Å². The molecule has 27 heavy (non-hydrogen) atoms. The highest BCUT2D eigenvalue weighted by Crippen LogP contribution is 2.29. The van der Waals surface area contributed by atoms with Crippen molar-refractivity contribution in [2.24, 2.45) is 5.73 Å². The van der Waals surface area contributed by atoms with Crippen molar-refractivity contribution in [1.29, 1.82) is 0 Å². The van der Waals surface area contributed by atoms with Gasteiger partial charge < -0.3 is 20.4 Å². The van der Waals surface area contributed by atoms with E-state index in [1.54, 1.807) is 17.0 Å². The zero-order valence-corrected chi connectivity index (χ0v) is 16.9. The number of fused-ring (bicyclic) bond motifs is 1. The smallest absolute Gasteiger partial charge is 0.254 e. The lowest BCUT2D eigenvalue weighted by Crippen LogP contribution is -2.40. The number of H-pyrrole nitrogens is 1. The van der Waals surface area contributed by atoms with E-state index < -0.39 is 5.91 Å². The number of aromatic nitrogens is 1. The van der Waals surface area contributed by atoms with Crippen LogP contribution in [-0.4, -0.2) is 48.0 Å². The first-order chi connectivity index (χ1) is 12.9. The van der Waals surface area contributed by atoms with E-state index in [1.807, 2.05) is 32.1 Å². The molecular weight excluding hydrogens is 410 g/mol. The molecule has 0 unspecified atom stereocenters. The number of carbonyl (C=O) groups excluding carboxylic acids is 2. The molecule has 1 fully saturated rings. The first-order valence-corrected chi connectivity index (χ1v) is 9.54. The number of aryl methyl sites for hydroxylation is 1. The number of hydrogen-bond donors (Lipinski definition) is 2. The minimum atomic E-state index is -0.520. The summed E-state index contributed by atoms with van der Waals surface area (Å²) in [4.78, 5) is 29.8. The van der Waals surface area contributed by atoms with E-state index in [0.29, 0.717) is 43.1 Å². The Labute approximate surface area is 166 Å². The van der Waals surface area contributed by atoms with Crippen LogP contribution >= 0.6 is 15.9 Å². The third kappa shape index (κ3) is 3.99. The molecule has 2 heterocycles. The monoisotopic (exact) mass is 431 g/mol. The van der Waals surface area contributed by atoms with Gasteiger partial charge in [0.2, 0.25) is 0 Å². The molecule has 1 aromatic heterocycles. The van der Waals surface area contributed by atoms with Crippen molar-refractivity contribution in [1.82, 2.24) is 9.88 Å². The predicted octanol–water partition coefficient (Wildman–Crippen LogP) is 3.12. The Morgan fingerprint density at radius 1 is 1.30 bits per heavy atom. The van der Waals surface area contributed by atoms with Crippen LogP contribution in [0.25, 0.3) is 16.5 Å². The summed E-state index contributed by atoms with van der Waals surface area (Å²) < 4.78 is 6.07. The van der Waals surface area contributed by atoms with Crippen LogP contribution in [0.2, 0.25) is 0 Å². The van der Waals surface area contributed by atoms with Crippen LogP contribution in [0.1, 0.15) is 28.5 Å². The van der Waals surface area contributed by atoms with Gasteiger partial charge in [-0.25, -0.2) is 0 Å². The second-order valence-electron chi connectivity index (χ2n) is 6.39. The van der Waals surface area contributed by atoms with Crippen LogP contribution in [0.5, 0.6) is 0 Å². The Morgan fingerprint density at radius 3 is 2.63 bits per heavy atom. The summed E-state index contributed by atoms with van der Waals surface area (Å²) >= 11 is 3.39. The third-order valence-corrected chi connectivity index (χ3v) is 5.38. The number of ether oxygens (including phenoxy) is 1. The number of carbonyl (C=O) groups is 2. The second kappa shape index (κ2) is 8.10. The molecule has 3 rings (SSSR count). The van der Waals surface area contributed by atoms with Gasteiger partial charge in [-0.2, -0.15) is 0 Å². The SMILES string of the molecule is C/C=C(Br)/C=C(/C(N)=O)c1[nH]c2ccc(C(=O)N3CCOCC3)cc2c1C. The number of primary amides is 1. The number of hydrogen-bond acceptors (Lipinski definition) is 3. The van der Waals surface area contributed by atoms with Crippen LogP contribution in [0.3, 0.4) is 0 Å². The van der Waals surface area contributed by atoms with Gasteiger partial charge in [-0.3, -0.25) is 9.59 Å². The predicted molar refractivity (Wildman–Crippen MR) is 110 cm³/mol. The molecule has 0 atom stereocenters. The highest BCUT2D eigenvalue weighted by Gasteiger charge is 2.21. The summed E-state index contributed by atoms with van der Waals surface area (Å²) in [5.74, 6) is -0.530. The van der Waals surface area contributed by atoms with Crippen LogP contribution < -0.4 is 5.73 Å². The van der Waals surface area contributed by atoms with E-state index in [9.17, 15) is 9.59 Å². The molecule has 1 aliphatic rings. The number of halogens is 1. The number of nitrogens with zero attached hydrogens (tertiary/aromatic N) is 1. The number of allylic oxidation sites excluding steroid dienone is 3. The largest absolute Gasteiger partial charge is 0.378 e. The van der Waals surface area contributed by atoms with Gasteiger partial charge in [0.05, 0.1) is 24.5 Å². The zero-order chi connectivity index (χ0) is 19.6. The topological polar surface area (TPSA) is 88.4 Å². The van der Waals surface area contributed by atoms with E-state index in [1.165, 1.54) is 0 Å². The lowest BCUT2D eigenvalue weighted by molar-refractivity contribution is -0.112. The molecule has 0 saturated carbocycles. The van der Waals surface area contributed by atoms with E-state index in [0.717, 1.165) is 20.9 Å². The zero-order valence-electron chi connectivity index (χ0n) is 15.3. The van der Waals surface area contributed by atoms with Gasteiger partial charge in [-0.15, -0.1) is 0 Å². The van der Waals surface area contributed by atoms with E-state index in [2.05, 4.69) is 20.9 Å². The number of rotatable bonds is 4. The quantitative estimate of drug-likeness (QED) is 0.575. The molecule has 142 valence electrons. The highest BCUT2D eigenvalue weighted by atomic mass is 79.9. The average Bonchev–Trinajstić information content (AvgIpc) is 3.01. The summed E-state index contributed by atoms with van der Waals surface area (Å²) in [5, 5.41) is 0.896. The lowest BCUT2D eigenvalue weighted by Gasteiger charge is -2.26. The van der Waals surface area contributed by atoms with Crippen LogP contribution in [0.4, 0.5) is 0 Å². The van der Waals surface area contributed by atoms with Crippen molar-refractivity contribution >= 4 is 44.2 Å². The maximum atomic E-state index is 12.7. The molecule has 0 bridgehead atoms. The minimum Gasteiger partial charge on any atom is -0.378 e. The Bertz CT molecular complexity index is 953. The van der Waals surface area contributed by atoms with E-state index in [4.69, 9.17) is 10.5 Å². The maximum Gasteiger partial charge on any atom is 0.254 e. The highest BCUT2D eigenvalue weighted by molar-refractivity contribution is 9.11. The van der Waals surface area contributed by atoms with Gasteiger partial charge in [0, 0.05) is 34.0 Å². The molecule has 6 nitrogen and oxygen atoms in total. The number of nitrogens with two attached hydrogens (primary N) is 1. The fourth-order valence-corrected chi connectivity index (χ4v) is 3.39.